The molecule has 0 atom stereocenters. The largest absolute Gasteiger partial charge is 1.00 e. The van der Waals surface area contributed by atoms with Crippen LogP contribution in [-0.2, 0) is 29.0 Å². The van der Waals surface area contributed by atoms with Gasteiger partial charge in [0.1, 0.15) is 6.54 Å². The number of imidazole rings is 1. The van der Waals surface area contributed by atoms with E-state index < -0.39 is 5.97 Å². The number of aryl methyl sites for hydroxylation is 2. The molecular formula is C25H22KN3O3. The van der Waals surface area contributed by atoms with Crippen molar-refractivity contribution in [1.82, 2.24) is 9.13 Å². The molecule has 0 N–H and O–H groups in total. The smallest absolute Gasteiger partial charge is 1.00 e. The number of benzene rings is 3. The van der Waals surface area contributed by atoms with E-state index in [4.69, 9.17) is 10.00 Å². The van der Waals surface area contributed by atoms with Crippen LogP contribution in [0.5, 0.6) is 0 Å². The molecule has 0 saturated heterocycles. The Bertz CT molecular complexity index is 1340. The standard InChI is InChI=1S/C25H21N3O3.K.H/c1-31-24(29)17-28-23-5-3-2-4-22(23)27(25(28)30)15-14-18-6-10-20(11-7-18)21-12-8-19(16-26)9-13-21;;/h2-13H,14-15,17H2,1H3;;/q;+1;-1. The van der Waals surface area contributed by atoms with Crippen LogP contribution >= 0.6 is 0 Å². The summed E-state index contributed by atoms with van der Waals surface area (Å²) in [7, 11) is 1.31. The number of aromatic nitrogens is 2. The first-order valence-electron chi connectivity index (χ1n) is 9.95. The number of hydrogen-bond acceptors (Lipinski definition) is 4. The number of carbonyl (C=O) groups excluding carboxylic acids is 1. The zero-order valence-corrected chi connectivity index (χ0v) is 21.2. The zero-order chi connectivity index (χ0) is 21.8. The van der Waals surface area contributed by atoms with Crippen molar-refractivity contribution < 1.29 is 62.3 Å². The Hall–Kier alpha value is -2.47. The van der Waals surface area contributed by atoms with Gasteiger partial charge in [-0.2, -0.15) is 5.26 Å². The number of nitriles is 1. The van der Waals surface area contributed by atoms with E-state index in [0.29, 0.717) is 24.0 Å². The van der Waals surface area contributed by atoms with Gasteiger partial charge in [0.15, 0.2) is 0 Å². The van der Waals surface area contributed by atoms with Crippen LogP contribution in [0.25, 0.3) is 22.2 Å². The van der Waals surface area contributed by atoms with Crippen LogP contribution in [0.2, 0.25) is 0 Å². The van der Waals surface area contributed by atoms with Crippen LogP contribution in [0.1, 0.15) is 12.6 Å². The maximum absolute atomic E-state index is 12.9. The Morgan fingerprint density at radius 1 is 0.938 bits per heavy atom. The second-order valence-electron chi connectivity index (χ2n) is 7.22. The molecule has 4 aromatic rings. The van der Waals surface area contributed by atoms with E-state index in [-0.39, 0.29) is 65.0 Å². The fraction of sp³-hybridized carbons (Fsp3) is 0.160. The van der Waals surface area contributed by atoms with Gasteiger partial charge in [-0.05, 0) is 47.4 Å². The summed E-state index contributed by atoms with van der Waals surface area (Å²) < 4.78 is 7.89. The van der Waals surface area contributed by atoms with Gasteiger partial charge in [0.05, 0.1) is 29.8 Å². The number of rotatable bonds is 6. The second kappa shape index (κ2) is 10.9. The third kappa shape index (κ3) is 5.12. The molecule has 156 valence electrons. The van der Waals surface area contributed by atoms with E-state index in [9.17, 15) is 9.59 Å². The van der Waals surface area contributed by atoms with Gasteiger partial charge in [0.2, 0.25) is 0 Å². The molecule has 0 aliphatic carbocycles. The van der Waals surface area contributed by atoms with Crippen LogP contribution in [0, 0.1) is 11.3 Å². The minimum absolute atomic E-state index is 0. The average Bonchev–Trinajstić information content (AvgIpc) is 3.08. The molecule has 1 heterocycles. The number of hydrogen-bond donors (Lipinski definition) is 0. The minimum Gasteiger partial charge on any atom is -1.00 e. The molecule has 0 aliphatic heterocycles. The fourth-order valence-electron chi connectivity index (χ4n) is 3.68. The van der Waals surface area contributed by atoms with Gasteiger partial charge in [-0.15, -0.1) is 0 Å². The molecular weight excluding hydrogens is 429 g/mol. The van der Waals surface area contributed by atoms with Gasteiger partial charge in [0.25, 0.3) is 0 Å². The fourth-order valence-corrected chi connectivity index (χ4v) is 3.68. The predicted octanol–water partition coefficient (Wildman–Crippen LogP) is 0.874. The summed E-state index contributed by atoms with van der Waals surface area (Å²) in [5.74, 6) is -0.455. The number of para-hydroxylation sites is 2. The van der Waals surface area contributed by atoms with Crippen LogP contribution in [0.3, 0.4) is 0 Å². The molecule has 1 aromatic heterocycles. The number of ether oxygens (including phenoxy) is 1. The molecule has 0 aliphatic rings. The molecule has 0 radical (unpaired) electrons. The molecule has 0 amide bonds. The first-order chi connectivity index (χ1) is 15.1. The van der Waals surface area contributed by atoms with Crippen molar-refractivity contribution in [2.75, 3.05) is 7.11 Å². The minimum atomic E-state index is -0.455. The molecule has 0 unspecified atom stereocenters. The topological polar surface area (TPSA) is 77.0 Å². The third-order valence-corrected chi connectivity index (χ3v) is 5.37. The van der Waals surface area contributed by atoms with Gasteiger partial charge >= 0.3 is 63.0 Å². The summed E-state index contributed by atoms with van der Waals surface area (Å²) in [6.07, 6.45) is 0.680. The Balaban J connectivity index is 0.00000193. The Labute approximate surface area is 230 Å². The maximum atomic E-state index is 12.9. The summed E-state index contributed by atoms with van der Waals surface area (Å²) in [4.78, 5) is 24.7. The van der Waals surface area contributed by atoms with Crippen molar-refractivity contribution in [2.45, 2.75) is 19.5 Å². The Morgan fingerprint density at radius 2 is 1.50 bits per heavy atom. The van der Waals surface area contributed by atoms with Crippen molar-refractivity contribution in [3.05, 3.63) is 94.4 Å². The number of carbonyl (C=O) groups is 1. The summed E-state index contributed by atoms with van der Waals surface area (Å²) in [6, 6.07) is 25.2. The first kappa shape index (κ1) is 24.2. The van der Waals surface area contributed by atoms with E-state index in [1.807, 2.05) is 60.7 Å². The Morgan fingerprint density at radius 3 is 2.06 bits per heavy atom. The van der Waals surface area contributed by atoms with E-state index in [1.165, 1.54) is 11.7 Å². The number of methoxy groups -OCH3 is 1. The zero-order valence-electron chi connectivity index (χ0n) is 19.1. The maximum Gasteiger partial charge on any atom is 1.00 e. The van der Waals surface area contributed by atoms with Crippen molar-refractivity contribution in [2.24, 2.45) is 0 Å². The Kier molecular flexibility index (Phi) is 8.24. The molecule has 6 nitrogen and oxygen atoms in total. The summed E-state index contributed by atoms with van der Waals surface area (Å²) in [5.41, 5.74) is 5.15. The molecule has 0 spiro atoms. The molecule has 0 bridgehead atoms. The number of esters is 1. The molecule has 3 aromatic carbocycles. The van der Waals surface area contributed by atoms with E-state index in [1.54, 1.807) is 16.7 Å². The molecule has 32 heavy (non-hydrogen) atoms. The molecule has 7 heteroatoms. The quantitative estimate of drug-likeness (QED) is 0.322. The molecule has 0 fully saturated rings. The van der Waals surface area contributed by atoms with Crippen LogP contribution in [0.4, 0.5) is 0 Å². The summed E-state index contributed by atoms with van der Waals surface area (Å²) in [5, 5.41) is 8.93. The monoisotopic (exact) mass is 451 g/mol. The van der Waals surface area contributed by atoms with Crippen LogP contribution in [-0.4, -0.2) is 22.2 Å². The van der Waals surface area contributed by atoms with Gasteiger partial charge < -0.3 is 6.16 Å². The number of fused-ring (bicyclic) bond motifs is 1. The normalized spacial score (nSPS) is 10.4. The van der Waals surface area contributed by atoms with Crippen LogP contribution < -0.4 is 57.1 Å². The van der Waals surface area contributed by atoms with Gasteiger partial charge in [-0.1, -0.05) is 48.5 Å². The van der Waals surface area contributed by atoms with Crippen molar-refractivity contribution >= 4 is 17.0 Å². The van der Waals surface area contributed by atoms with Gasteiger partial charge in [-0.3, -0.25) is 13.9 Å². The molecule has 0 saturated carbocycles. The number of nitrogens with zero attached hydrogens (tertiary/aromatic N) is 3. The van der Waals surface area contributed by atoms with Crippen molar-refractivity contribution in [1.29, 1.82) is 5.26 Å². The van der Waals surface area contributed by atoms with E-state index in [2.05, 4.69) is 6.07 Å². The summed E-state index contributed by atoms with van der Waals surface area (Å²) in [6.45, 7) is 0.395. The van der Waals surface area contributed by atoms with Crippen molar-refractivity contribution in [3.8, 4) is 17.2 Å². The van der Waals surface area contributed by atoms with Gasteiger partial charge in [-0.25, -0.2) is 4.79 Å². The summed E-state index contributed by atoms with van der Waals surface area (Å²) >= 11 is 0. The third-order valence-electron chi connectivity index (χ3n) is 5.37. The van der Waals surface area contributed by atoms with Crippen LogP contribution in [0.15, 0.2) is 77.6 Å². The average molecular weight is 452 g/mol. The second-order valence-corrected chi connectivity index (χ2v) is 7.22. The predicted molar refractivity (Wildman–Crippen MR) is 120 cm³/mol. The SMILES string of the molecule is COC(=O)Cn1c(=O)n(CCc2ccc(-c3ccc(C#N)cc3)cc2)c2ccccc21.[H-].[K+]. The first-order valence-corrected chi connectivity index (χ1v) is 9.95. The molecule has 4 rings (SSSR count). The van der Waals surface area contributed by atoms with E-state index >= 15 is 0 Å². The van der Waals surface area contributed by atoms with Gasteiger partial charge in [0, 0.05) is 6.54 Å². The van der Waals surface area contributed by atoms with Crippen molar-refractivity contribution in [3.63, 3.8) is 0 Å². The van der Waals surface area contributed by atoms with E-state index in [0.717, 1.165) is 22.2 Å².